The molecule has 17 heavy (non-hydrogen) atoms. The summed E-state index contributed by atoms with van der Waals surface area (Å²) in [6.07, 6.45) is 4.91. The number of nitrogens with zero attached hydrogens (tertiary/aromatic N) is 2. The van der Waals surface area contributed by atoms with Gasteiger partial charge in [-0.25, -0.2) is 8.42 Å². The summed E-state index contributed by atoms with van der Waals surface area (Å²) in [5.74, 6) is 0.113. The van der Waals surface area contributed by atoms with E-state index in [1.54, 1.807) is 17.1 Å². The zero-order valence-electron chi connectivity index (χ0n) is 10.5. The van der Waals surface area contributed by atoms with Crippen molar-refractivity contribution in [1.82, 2.24) is 9.78 Å². The van der Waals surface area contributed by atoms with Gasteiger partial charge >= 0.3 is 0 Å². The standard InChI is InChI=1S/C11H20N2O3S/c1-9(2)13-8-10(7-12-13)11(14)5-4-6-17(3,15)16/h7-9,11,14H,4-6H2,1-3H3. The van der Waals surface area contributed by atoms with Gasteiger partial charge in [-0.05, 0) is 26.7 Å². The van der Waals surface area contributed by atoms with Crippen molar-refractivity contribution in [1.29, 1.82) is 0 Å². The molecule has 0 aliphatic carbocycles. The van der Waals surface area contributed by atoms with E-state index >= 15 is 0 Å². The average Bonchev–Trinajstić information content (AvgIpc) is 2.63. The largest absolute Gasteiger partial charge is 0.388 e. The Balaban J connectivity index is 2.49. The zero-order chi connectivity index (χ0) is 13.1. The van der Waals surface area contributed by atoms with Gasteiger partial charge in [0.1, 0.15) is 9.84 Å². The third-order valence-corrected chi connectivity index (χ3v) is 3.56. The van der Waals surface area contributed by atoms with Gasteiger partial charge in [-0.1, -0.05) is 0 Å². The van der Waals surface area contributed by atoms with Crippen LogP contribution in [0.15, 0.2) is 12.4 Å². The Labute approximate surface area is 102 Å². The summed E-state index contributed by atoms with van der Waals surface area (Å²) in [7, 11) is -2.94. The summed E-state index contributed by atoms with van der Waals surface area (Å²) in [4.78, 5) is 0. The smallest absolute Gasteiger partial charge is 0.147 e. The molecule has 1 atom stereocenters. The van der Waals surface area contributed by atoms with Gasteiger partial charge in [0.05, 0.1) is 12.3 Å². The Morgan fingerprint density at radius 3 is 2.59 bits per heavy atom. The molecule has 0 radical (unpaired) electrons. The Kier molecular flexibility index (Phi) is 4.70. The minimum absolute atomic E-state index is 0.113. The van der Waals surface area contributed by atoms with Crippen molar-refractivity contribution in [2.24, 2.45) is 0 Å². The molecule has 0 fully saturated rings. The Hall–Kier alpha value is -0.880. The van der Waals surface area contributed by atoms with Crippen LogP contribution in [-0.2, 0) is 9.84 Å². The average molecular weight is 260 g/mol. The molecule has 0 bridgehead atoms. The minimum atomic E-state index is -2.94. The molecule has 0 saturated heterocycles. The molecule has 6 heteroatoms. The van der Waals surface area contributed by atoms with E-state index in [1.807, 2.05) is 13.8 Å². The highest BCUT2D eigenvalue weighted by Crippen LogP contribution is 2.19. The van der Waals surface area contributed by atoms with Gasteiger partial charge < -0.3 is 5.11 Å². The number of hydrogen-bond donors (Lipinski definition) is 1. The van der Waals surface area contributed by atoms with Crippen molar-refractivity contribution in [2.75, 3.05) is 12.0 Å². The Morgan fingerprint density at radius 2 is 2.12 bits per heavy atom. The van der Waals surface area contributed by atoms with Gasteiger partial charge in [0.25, 0.3) is 0 Å². The van der Waals surface area contributed by atoms with Gasteiger partial charge in [0.15, 0.2) is 0 Å². The van der Waals surface area contributed by atoms with Crippen LogP contribution in [0.4, 0.5) is 0 Å². The summed E-state index contributed by atoms with van der Waals surface area (Å²) >= 11 is 0. The first kappa shape index (κ1) is 14.2. The van der Waals surface area contributed by atoms with Crippen molar-refractivity contribution in [2.45, 2.75) is 38.8 Å². The van der Waals surface area contributed by atoms with E-state index in [0.29, 0.717) is 12.8 Å². The summed E-state index contributed by atoms with van der Waals surface area (Å²) in [6, 6.07) is 0.256. The van der Waals surface area contributed by atoms with E-state index in [1.165, 1.54) is 6.26 Å². The van der Waals surface area contributed by atoms with Gasteiger partial charge in [0.2, 0.25) is 0 Å². The van der Waals surface area contributed by atoms with E-state index in [-0.39, 0.29) is 11.8 Å². The van der Waals surface area contributed by atoms with Crippen LogP contribution in [0.25, 0.3) is 0 Å². The normalized spacial score (nSPS) is 14.2. The van der Waals surface area contributed by atoms with Crippen molar-refractivity contribution in [3.05, 3.63) is 18.0 Å². The monoisotopic (exact) mass is 260 g/mol. The first-order chi connectivity index (χ1) is 7.79. The maximum absolute atomic E-state index is 10.9. The van der Waals surface area contributed by atoms with Crippen LogP contribution in [0.3, 0.4) is 0 Å². The van der Waals surface area contributed by atoms with Gasteiger partial charge in [-0.2, -0.15) is 5.10 Å². The van der Waals surface area contributed by atoms with Gasteiger partial charge in [0, 0.05) is 29.8 Å². The van der Waals surface area contributed by atoms with E-state index in [9.17, 15) is 13.5 Å². The lowest BCUT2D eigenvalue weighted by Crippen LogP contribution is -2.05. The Bertz CT molecular complexity index is 451. The molecule has 0 aromatic carbocycles. The van der Waals surface area contributed by atoms with Crippen LogP contribution in [0.5, 0.6) is 0 Å². The molecular formula is C11H20N2O3S. The molecule has 0 amide bonds. The topological polar surface area (TPSA) is 72.2 Å². The highest BCUT2D eigenvalue weighted by atomic mass is 32.2. The van der Waals surface area contributed by atoms with Crippen LogP contribution >= 0.6 is 0 Å². The fraction of sp³-hybridized carbons (Fsp3) is 0.727. The molecule has 5 nitrogen and oxygen atoms in total. The molecule has 0 saturated carbocycles. The van der Waals surface area contributed by atoms with Crippen molar-refractivity contribution < 1.29 is 13.5 Å². The highest BCUT2D eigenvalue weighted by molar-refractivity contribution is 7.90. The lowest BCUT2D eigenvalue weighted by Gasteiger charge is -2.08. The molecule has 0 spiro atoms. The minimum Gasteiger partial charge on any atom is -0.388 e. The third-order valence-electron chi connectivity index (χ3n) is 2.53. The number of aromatic nitrogens is 2. The number of aliphatic hydroxyl groups is 1. The number of sulfone groups is 1. The Morgan fingerprint density at radius 1 is 1.47 bits per heavy atom. The number of hydrogen-bond acceptors (Lipinski definition) is 4. The molecule has 0 aliphatic heterocycles. The van der Waals surface area contributed by atoms with Crippen LogP contribution < -0.4 is 0 Å². The van der Waals surface area contributed by atoms with E-state index in [4.69, 9.17) is 0 Å². The fourth-order valence-corrected chi connectivity index (χ4v) is 2.20. The first-order valence-corrected chi connectivity index (χ1v) is 7.75. The molecule has 0 aliphatic rings. The summed E-state index contributed by atoms with van der Waals surface area (Å²) in [5, 5.41) is 14.0. The van der Waals surface area contributed by atoms with Crippen molar-refractivity contribution >= 4 is 9.84 Å². The lowest BCUT2D eigenvalue weighted by atomic mass is 10.1. The molecule has 1 rings (SSSR count). The maximum atomic E-state index is 10.9. The fourth-order valence-electron chi connectivity index (χ4n) is 1.51. The summed E-state index contributed by atoms with van der Waals surface area (Å²) < 4.78 is 23.7. The van der Waals surface area contributed by atoms with Crippen LogP contribution in [-0.4, -0.2) is 35.3 Å². The lowest BCUT2D eigenvalue weighted by molar-refractivity contribution is 0.166. The van der Waals surface area contributed by atoms with Crippen molar-refractivity contribution in [3.8, 4) is 0 Å². The quantitative estimate of drug-likeness (QED) is 0.837. The highest BCUT2D eigenvalue weighted by Gasteiger charge is 2.12. The van der Waals surface area contributed by atoms with Crippen LogP contribution in [0.2, 0.25) is 0 Å². The second-order valence-corrected chi connectivity index (χ2v) is 6.90. The second kappa shape index (κ2) is 5.64. The van der Waals surface area contributed by atoms with E-state index < -0.39 is 15.9 Å². The molecule has 1 heterocycles. The third kappa shape index (κ3) is 4.87. The molecule has 1 N–H and O–H groups in total. The molecule has 1 unspecified atom stereocenters. The second-order valence-electron chi connectivity index (χ2n) is 4.64. The molecule has 1 aromatic heterocycles. The maximum Gasteiger partial charge on any atom is 0.147 e. The summed E-state index contributed by atoms with van der Waals surface area (Å²) in [5.41, 5.74) is 0.743. The van der Waals surface area contributed by atoms with Crippen molar-refractivity contribution in [3.63, 3.8) is 0 Å². The van der Waals surface area contributed by atoms with E-state index in [2.05, 4.69) is 5.10 Å². The number of rotatable bonds is 6. The van der Waals surface area contributed by atoms with Crippen LogP contribution in [0, 0.1) is 0 Å². The molecule has 1 aromatic rings. The van der Waals surface area contributed by atoms with Gasteiger partial charge in [-0.15, -0.1) is 0 Å². The molecule has 98 valence electrons. The number of aliphatic hydroxyl groups excluding tert-OH is 1. The predicted molar refractivity (Wildman–Crippen MR) is 66.5 cm³/mol. The summed E-state index contributed by atoms with van der Waals surface area (Å²) in [6.45, 7) is 4.01. The van der Waals surface area contributed by atoms with Gasteiger partial charge in [-0.3, -0.25) is 4.68 Å². The molecular weight excluding hydrogens is 240 g/mol. The SMILES string of the molecule is CC(C)n1cc(C(O)CCCS(C)(=O)=O)cn1. The first-order valence-electron chi connectivity index (χ1n) is 5.69. The predicted octanol–water partition coefficient (Wildman–Crippen LogP) is 1.32. The zero-order valence-corrected chi connectivity index (χ0v) is 11.3. The van der Waals surface area contributed by atoms with E-state index in [0.717, 1.165) is 5.56 Å². The van der Waals surface area contributed by atoms with Crippen LogP contribution in [0.1, 0.15) is 44.4 Å².